The van der Waals surface area contributed by atoms with E-state index in [2.05, 4.69) is 27.7 Å². The minimum Gasteiger partial charge on any atom is -0.385 e. The molecule has 0 aliphatic carbocycles. The molecule has 1 aliphatic heterocycles. The first-order valence-corrected chi connectivity index (χ1v) is 8.53. The highest BCUT2D eigenvalue weighted by molar-refractivity contribution is 6.39. The van der Waals surface area contributed by atoms with Crippen LogP contribution in [0, 0.1) is 0 Å². The van der Waals surface area contributed by atoms with Gasteiger partial charge in [0, 0.05) is 11.3 Å². The van der Waals surface area contributed by atoms with Gasteiger partial charge in [-0.25, -0.2) is 4.99 Å². The lowest BCUT2D eigenvalue weighted by molar-refractivity contribution is -0.115. The molecule has 2 aromatic rings. The van der Waals surface area contributed by atoms with Crippen molar-refractivity contribution in [3.63, 3.8) is 0 Å². The van der Waals surface area contributed by atoms with Gasteiger partial charge in [-0.2, -0.15) is 0 Å². The van der Waals surface area contributed by atoms with Gasteiger partial charge in [0.15, 0.2) is 0 Å². The Morgan fingerprint density at radius 2 is 1.92 bits per heavy atom. The van der Waals surface area contributed by atoms with E-state index in [-0.39, 0.29) is 11.7 Å². The van der Waals surface area contributed by atoms with Crippen LogP contribution in [0.25, 0.3) is 11.1 Å². The van der Waals surface area contributed by atoms with Crippen molar-refractivity contribution >= 4 is 46.3 Å². The molecule has 0 fully saturated rings. The molecule has 6 nitrogen and oxygen atoms in total. The summed E-state index contributed by atoms with van der Waals surface area (Å²) in [6.45, 7) is 5.28. The van der Waals surface area contributed by atoms with E-state index in [0.29, 0.717) is 33.6 Å². The van der Waals surface area contributed by atoms with Gasteiger partial charge in [-0.15, -0.1) is 0 Å². The second-order valence-corrected chi connectivity index (χ2v) is 6.67. The van der Waals surface area contributed by atoms with E-state index >= 15 is 0 Å². The van der Waals surface area contributed by atoms with Crippen molar-refractivity contribution in [2.24, 2.45) is 10.7 Å². The number of nitrogens with one attached hydrogen (secondary N) is 3. The summed E-state index contributed by atoms with van der Waals surface area (Å²) in [4.78, 5) is 15.9. The maximum absolute atomic E-state index is 11.5. The van der Waals surface area contributed by atoms with Crippen LogP contribution in [0.15, 0.2) is 47.7 Å². The molecule has 0 atom stereocenters. The number of carbonyl (C=O) groups excluding carboxylic acids is 1. The molecule has 0 saturated heterocycles. The summed E-state index contributed by atoms with van der Waals surface area (Å²) in [6.07, 6.45) is 0.352. The predicted octanol–water partition coefficient (Wildman–Crippen LogP) is 3.73. The number of rotatable bonds is 4. The van der Waals surface area contributed by atoms with Gasteiger partial charge in [0.1, 0.15) is 11.7 Å². The maximum atomic E-state index is 11.5. The number of benzene rings is 2. The molecule has 1 amide bonds. The number of halogens is 2. The standard InChI is InChI=1S/C18H17Cl2N5O/c1-9(21)24-25-10(2)22-13-7-14(19)18(15(20)8-13)11-3-4-16-12(5-11)6-17(26)23-16/h3-5,7-8,24H,1,6,21H2,2H3,(H,22,25)(H,23,26). The third kappa shape index (κ3) is 3.92. The minimum atomic E-state index is -0.0178. The number of nitrogens with two attached hydrogens (primary N) is 1. The zero-order valence-corrected chi connectivity index (χ0v) is 15.5. The number of amides is 1. The lowest BCUT2D eigenvalue weighted by atomic mass is 10.0. The van der Waals surface area contributed by atoms with Gasteiger partial charge in [-0.05, 0) is 42.3 Å². The zero-order valence-electron chi connectivity index (χ0n) is 14.0. The molecule has 2 aromatic carbocycles. The summed E-state index contributed by atoms with van der Waals surface area (Å²) in [5, 5.41) is 3.74. The number of aliphatic imine (C=N–C) groups is 1. The highest BCUT2D eigenvalue weighted by atomic mass is 35.5. The third-order valence-electron chi connectivity index (χ3n) is 3.75. The summed E-state index contributed by atoms with van der Waals surface area (Å²) in [5.74, 6) is 0.824. The molecule has 0 unspecified atom stereocenters. The molecular formula is C18H17Cl2N5O. The van der Waals surface area contributed by atoms with Crippen LogP contribution in [0.3, 0.4) is 0 Å². The molecule has 5 N–H and O–H groups in total. The summed E-state index contributed by atoms with van der Waals surface area (Å²) >= 11 is 12.9. The SMILES string of the molecule is C=C(N)NNC(C)=Nc1cc(Cl)c(-c2ccc3c(c2)CC(=O)N3)c(Cl)c1. The third-order valence-corrected chi connectivity index (χ3v) is 4.34. The van der Waals surface area contributed by atoms with E-state index in [1.54, 1.807) is 19.1 Å². The Bertz CT molecular complexity index is 916. The van der Waals surface area contributed by atoms with E-state index in [0.717, 1.165) is 16.8 Å². The number of hydrogen-bond acceptors (Lipinski definition) is 4. The normalized spacial score (nSPS) is 13.2. The Kier molecular flexibility index (Phi) is 5.06. The topological polar surface area (TPSA) is 91.5 Å². The summed E-state index contributed by atoms with van der Waals surface area (Å²) in [5.41, 5.74) is 14.8. The first-order valence-electron chi connectivity index (χ1n) is 7.77. The van der Waals surface area contributed by atoms with Crippen LogP contribution in [0.5, 0.6) is 0 Å². The van der Waals surface area contributed by atoms with E-state index in [1.807, 2.05) is 18.2 Å². The molecule has 3 rings (SSSR count). The Morgan fingerprint density at radius 1 is 1.23 bits per heavy atom. The lowest BCUT2D eigenvalue weighted by Gasteiger charge is -2.11. The summed E-state index contributed by atoms with van der Waals surface area (Å²) < 4.78 is 0. The van der Waals surface area contributed by atoms with E-state index in [9.17, 15) is 4.79 Å². The van der Waals surface area contributed by atoms with Crippen molar-refractivity contribution in [1.29, 1.82) is 0 Å². The summed E-state index contributed by atoms with van der Waals surface area (Å²) in [6, 6.07) is 9.11. The Labute approximate surface area is 161 Å². The maximum Gasteiger partial charge on any atom is 0.228 e. The van der Waals surface area contributed by atoms with Crippen LogP contribution in [-0.4, -0.2) is 11.7 Å². The van der Waals surface area contributed by atoms with Gasteiger partial charge < -0.3 is 11.1 Å². The van der Waals surface area contributed by atoms with Crippen molar-refractivity contribution in [3.05, 3.63) is 58.3 Å². The average Bonchev–Trinajstić information content (AvgIpc) is 2.91. The van der Waals surface area contributed by atoms with E-state index in [1.165, 1.54) is 0 Å². The monoisotopic (exact) mass is 389 g/mol. The van der Waals surface area contributed by atoms with Gasteiger partial charge >= 0.3 is 0 Å². The van der Waals surface area contributed by atoms with Crippen LogP contribution in [-0.2, 0) is 11.2 Å². The highest BCUT2D eigenvalue weighted by Gasteiger charge is 2.19. The van der Waals surface area contributed by atoms with Gasteiger partial charge in [-0.3, -0.25) is 15.6 Å². The number of hydrogen-bond donors (Lipinski definition) is 4. The second kappa shape index (κ2) is 7.27. The van der Waals surface area contributed by atoms with Crippen LogP contribution in [0.1, 0.15) is 12.5 Å². The number of anilines is 1. The first-order chi connectivity index (χ1) is 12.3. The van der Waals surface area contributed by atoms with Crippen LogP contribution < -0.4 is 21.9 Å². The van der Waals surface area contributed by atoms with Crippen molar-refractivity contribution in [3.8, 4) is 11.1 Å². The molecule has 1 heterocycles. The van der Waals surface area contributed by atoms with Crippen molar-refractivity contribution in [2.45, 2.75) is 13.3 Å². The van der Waals surface area contributed by atoms with Crippen LogP contribution in [0.4, 0.5) is 11.4 Å². The fraction of sp³-hybridized carbons (Fsp3) is 0.111. The molecule has 26 heavy (non-hydrogen) atoms. The fourth-order valence-electron chi connectivity index (χ4n) is 2.68. The zero-order chi connectivity index (χ0) is 18.8. The largest absolute Gasteiger partial charge is 0.385 e. The Balaban J connectivity index is 1.91. The van der Waals surface area contributed by atoms with E-state index < -0.39 is 0 Å². The van der Waals surface area contributed by atoms with E-state index in [4.69, 9.17) is 28.9 Å². The molecule has 0 spiro atoms. The van der Waals surface area contributed by atoms with Gasteiger partial charge in [0.05, 0.1) is 22.2 Å². The minimum absolute atomic E-state index is 0.0178. The molecule has 134 valence electrons. The van der Waals surface area contributed by atoms with Crippen molar-refractivity contribution < 1.29 is 4.79 Å². The number of fused-ring (bicyclic) bond motifs is 1. The fourth-order valence-corrected chi connectivity index (χ4v) is 3.37. The molecule has 0 aromatic heterocycles. The molecule has 0 bridgehead atoms. The second-order valence-electron chi connectivity index (χ2n) is 5.85. The number of amidine groups is 1. The van der Waals surface area contributed by atoms with Crippen LogP contribution in [0.2, 0.25) is 10.0 Å². The Morgan fingerprint density at radius 3 is 2.58 bits per heavy atom. The van der Waals surface area contributed by atoms with Crippen molar-refractivity contribution in [2.75, 3.05) is 5.32 Å². The number of carbonyl (C=O) groups is 1. The number of hydrazine groups is 1. The van der Waals surface area contributed by atoms with Crippen LogP contribution >= 0.6 is 23.2 Å². The highest BCUT2D eigenvalue weighted by Crippen LogP contribution is 2.40. The molecular weight excluding hydrogens is 373 g/mol. The van der Waals surface area contributed by atoms with Gasteiger partial charge in [0.25, 0.3) is 0 Å². The first kappa shape index (κ1) is 18.1. The van der Waals surface area contributed by atoms with Gasteiger partial charge in [0.2, 0.25) is 5.91 Å². The molecule has 0 radical (unpaired) electrons. The average molecular weight is 390 g/mol. The Hall–Kier alpha value is -2.70. The molecule has 8 heteroatoms. The quantitative estimate of drug-likeness (QED) is 0.364. The van der Waals surface area contributed by atoms with Crippen molar-refractivity contribution in [1.82, 2.24) is 10.9 Å². The van der Waals surface area contributed by atoms with Gasteiger partial charge in [-0.1, -0.05) is 35.8 Å². The molecule has 1 aliphatic rings. The predicted molar refractivity (Wildman–Crippen MR) is 107 cm³/mol. The smallest absolute Gasteiger partial charge is 0.228 e. The number of nitrogens with zero attached hydrogens (tertiary/aromatic N) is 1. The molecule has 0 saturated carbocycles. The lowest BCUT2D eigenvalue weighted by Crippen LogP contribution is -2.37. The summed E-state index contributed by atoms with van der Waals surface area (Å²) in [7, 11) is 0.